The molecule has 0 fully saturated rings. The van der Waals surface area contributed by atoms with Gasteiger partial charge in [-0.2, -0.15) is 0 Å². The lowest BCUT2D eigenvalue weighted by Crippen LogP contribution is -1.93. The van der Waals surface area contributed by atoms with Gasteiger partial charge in [-0.05, 0) is 74.8 Å². The predicted octanol–water partition coefficient (Wildman–Crippen LogP) is 10.3. The molecule has 4 heteroatoms. The summed E-state index contributed by atoms with van der Waals surface area (Å²) in [7, 11) is 0. The summed E-state index contributed by atoms with van der Waals surface area (Å²) in [5.41, 5.74) is 6.53. The predicted molar refractivity (Wildman–Crippen MR) is 185 cm³/mol. The molecule has 0 aliphatic heterocycles. The van der Waals surface area contributed by atoms with Crippen LogP contribution >= 0.6 is 0 Å². The first-order chi connectivity index (χ1) is 22.2. The van der Waals surface area contributed by atoms with E-state index < -0.39 is 0 Å². The van der Waals surface area contributed by atoms with Crippen molar-refractivity contribution in [1.82, 2.24) is 15.0 Å². The zero-order valence-electron chi connectivity index (χ0n) is 24.1. The number of nitrogens with zero attached hydrogens (tertiary/aromatic N) is 3. The summed E-state index contributed by atoms with van der Waals surface area (Å²) < 4.78 is 0. The Morgan fingerprint density at radius 1 is 0.356 bits per heavy atom. The van der Waals surface area contributed by atoms with Crippen LogP contribution in [0.1, 0.15) is 0 Å². The van der Waals surface area contributed by atoms with E-state index in [0.717, 1.165) is 44.5 Å². The van der Waals surface area contributed by atoms with Gasteiger partial charge < -0.3 is 5.11 Å². The number of hydrogen-bond acceptors (Lipinski definition) is 4. The number of benzene rings is 6. The van der Waals surface area contributed by atoms with Crippen LogP contribution in [0.2, 0.25) is 0 Å². The highest BCUT2D eigenvalue weighted by Gasteiger charge is 2.13. The van der Waals surface area contributed by atoms with Crippen molar-refractivity contribution < 1.29 is 5.11 Å². The Morgan fingerprint density at radius 2 is 0.867 bits per heavy atom. The van der Waals surface area contributed by atoms with Gasteiger partial charge in [0.15, 0.2) is 0 Å². The Labute approximate surface area is 258 Å². The maximum Gasteiger partial charge on any atom is 0.124 e. The SMILES string of the molecule is Oc1ccccc1-c1ccc2ccc3ccc(-c4cccc(-c5ccc6c7ccccc7c7ccccc7c6c5)n4)nc3c2n1. The quantitative estimate of drug-likeness (QED) is 0.213. The van der Waals surface area contributed by atoms with Crippen molar-refractivity contribution in [2.24, 2.45) is 0 Å². The lowest BCUT2D eigenvalue weighted by Gasteiger charge is -2.12. The van der Waals surface area contributed by atoms with Crippen molar-refractivity contribution in [3.8, 4) is 39.7 Å². The van der Waals surface area contributed by atoms with Gasteiger partial charge in [-0.3, -0.25) is 0 Å². The highest BCUT2D eigenvalue weighted by Crippen LogP contribution is 2.37. The standard InChI is InChI=1S/C41H25N3O/c45-39-15-6-5-12-33(39)36-22-19-25-16-17-26-20-23-38(44-41(26)40(25)43-36)37-14-7-13-35(42-37)27-18-21-32-30-10-2-1-8-28(30)29-9-3-4-11-31(29)34(32)24-27/h1-24,45H. The zero-order chi connectivity index (χ0) is 29.9. The largest absolute Gasteiger partial charge is 0.507 e. The van der Waals surface area contributed by atoms with Gasteiger partial charge in [-0.15, -0.1) is 0 Å². The maximum absolute atomic E-state index is 10.5. The normalized spacial score (nSPS) is 11.6. The summed E-state index contributed by atoms with van der Waals surface area (Å²) in [6.45, 7) is 0. The molecule has 0 bridgehead atoms. The van der Waals surface area contributed by atoms with Crippen molar-refractivity contribution in [2.45, 2.75) is 0 Å². The molecular weight excluding hydrogens is 550 g/mol. The smallest absolute Gasteiger partial charge is 0.124 e. The van der Waals surface area contributed by atoms with E-state index in [1.807, 2.05) is 48.5 Å². The Hall–Kier alpha value is -6.13. The number of phenolic OH excluding ortho intramolecular Hbond substituents is 1. The summed E-state index contributed by atoms with van der Waals surface area (Å²) in [6.07, 6.45) is 0. The Bertz CT molecular complexity index is 2590. The number of aromatic nitrogens is 3. The van der Waals surface area contributed by atoms with Crippen LogP contribution in [0.15, 0.2) is 146 Å². The van der Waals surface area contributed by atoms with Gasteiger partial charge in [-0.25, -0.2) is 15.0 Å². The molecule has 0 saturated heterocycles. The average molecular weight is 576 g/mol. The molecule has 0 radical (unpaired) electrons. The molecule has 4 nitrogen and oxygen atoms in total. The van der Waals surface area contributed by atoms with Gasteiger partial charge in [0, 0.05) is 21.9 Å². The summed E-state index contributed by atoms with van der Waals surface area (Å²) in [5, 5.41) is 19.9. The second kappa shape index (κ2) is 9.97. The van der Waals surface area contributed by atoms with Crippen LogP contribution in [0.3, 0.4) is 0 Å². The third-order valence-electron chi connectivity index (χ3n) is 8.75. The molecule has 1 N–H and O–H groups in total. The van der Waals surface area contributed by atoms with Crippen molar-refractivity contribution in [3.63, 3.8) is 0 Å². The topological polar surface area (TPSA) is 58.9 Å². The van der Waals surface area contributed by atoms with E-state index in [9.17, 15) is 5.11 Å². The van der Waals surface area contributed by atoms with Crippen LogP contribution in [0, 0.1) is 0 Å². The molecule has 0 aliphatic carbocycles. The Balaban J connectivity index is 1.18. The first-order valence-corrected chi connectivity index (χ1v) is 15.0. The van der Waals surface area contributed by atoms with Crippen LogP contribution in [0.25, 0.3) is 88.0 Å². The second-order valence-electron chi connectivity index (χ2n) is 11.4. The molecule has 0 atom stereocenters. The fraction of sp³-hybridized carbons (Fsp3) is 0. The molecular formula is C41H25N3O. The third kappa shape index (κ3) is 4.11. The number of pyridine rings is 3. The van der Waals surface area contributed by atoms with Crippen molar-refractivity contribution >= 4 is 54.1 Å². The number of para-hydroxylation sites is 1. The Morgan fingerprint density at radius 3 is 1.56 bits per heavy atom. The monoisotopic (exact) mass is 575 g/mol. The third-order valence-corrected chi connectivity index (χ3v) is 8.75. The fourth-order valence-electron chi connectivity index (χ4n) is 6.56. The van der Waals surface area contributed by atoms with Crippen molar-refractivity contribution in [3.05, 3.63) is 146 Å². The molecule has 0 amide bonds. The van der Waals surface area contributed by atoms with Crippen LogP contribution in [-0.2, 0) is 0 Å². The van der Waals surface area contributed by atoms with Crippen LogP contribution in [0.4, 0.5) is 0 Å². The van der Waals surface area contributed by atoms with E-state index in [2.05, 4.69) is 91.0 Å². The lowest BCUT2D eigenvalue weighted by atomic mass is 9.93. The fourth-order valence-corrected chi connectivity index (χ4v) is 6.56. The molecule has 0 unspecified atom stereocenters. The molecule has 0 spiro atoms. The number of fused-ring (bicyclic) bond motifs is 9. The molecule has 210 valence electrons. The minimum Gasteiger partial charge on any atom is -0.507 e. The van der Waals surface area contributed by atoms with Gasteiger partial charge in [0.2, 0.25) is 0 Å². The maximum atomic E-state index is 10.5. The summed E-state index contributed by atoms with van der Waals surface area (Å²) in [6, 6.07) is 49.5. The number of hydrogen-bond donors (Lipinski definition) is 1. The van der Waals surface area contributed by atoms with Gasteiger partial charge in [0.1, 0.15) is 5.75 Å². The summed E-state index contributed by atoms with van der Waals surface area (Å²) in [4.78, 5) is 15.2. The summed E-state index contributed by atoms with van der Waals surface area (Å²) >= 11 is 0. The first-order valence-electron chi connectivity index (χ1n) is 15.0. The van der Waals surface area contributed by atoms with E-state index in [0.29, 0.717) is 11.3 Å². The van der Waals surface area contributed by atoms with Gasteiger partial charge in [0.05, 0.1) is 33.8 Å². The van der Waals surface area contributed by atoms with Gasteiger partial charge in [0.25, 0.3) is 0 Å². The van der Waals surface area contributed by atoms with Crippen molar-refractivity contribution in [1.29, 1.82) is 0 Å². The minimum atomic E-state index is 0.203. The molecule has 3 aromatic heterocycles. The first kappa shape index (κ1) is 25.4. The summed E-state index contributed by atoms with van der Waals surface area (Å²) in [5.74, 6) is 0.203. The Kier molecular flexibility index (Phi) is 5.62. The molecule has 3 heterocycles. The van der Waals surface area contributed by atoms with E-state index in [1.54, 1.807) is 6.07 Å². The second-order valence-corrected chi connectivity index (χ2v) is 11.4. The lowest BCUT2D eigenvalue weighted by molar-refractivity contribution is 0.477. The molecule has 0 saturated carbocycles. The van der Waals surface area contributed by atoms with Crippen LogP contribution in [-0.4, -0.2) is 20.1 Å². The van der Waals surface area contributed by atoms with E-state index in [1.165, 1.54) is 32.3 Å². The number of aromatic hydroxyl groups is 1. The zero-order valence-corrected chi connectivity index (χ0v) is 24.1. The molecule has 45 heavy (non-hydrogen) atoms. The van der Waals surface area contributed by atoms with Gasteiger partial charge in [-0.1, -0.05) is 103 Å². The highest BCUT2D eigenvalue weighted by atomic mass is 16.3. The van der Waals surface area contributed by atoms with E-state index in [-0.39, 0.29) is 5.75 Å². The average Bonchev–Trinajstić information content (AvgIpc) is 3.11. The van der Waals surface area contributed by atoms with E-state index >= 15 is 0 Å². The number of rotatable bonds is 3. The molecule has 9 rings (SSSR count). The van der Waals surface area contributed by atoms with Crippen LogP contribution in [0.5, 0.6) is 5.75 Å². The molecule has 0 aliphatic rings. The molecule has 6 aromatic carbocycles. The van der Waals surface area contributed by atoms with Crippen molar-refractivity contribution in [2.75, 3.05) is 0 Å². The van der Waals surface area contributed by atoms with Crippen LogP contribution < -0.4 is 0 Å². The minimum absolute atomic E-state index is 0.203. The number of phenols is 1. The van der Waals surface area contributed by atoms with E-state index in [4.69, 9.17) is 15.0 Å². The molecule has 9 aromatic rings. The highest BCUT2D eigenvalue weighted by molar-refractivity contribution is 6.25. The van der Waals surface area contributed by atoms with Gasteiger partial charge >= 0.3 is 0 Å².